The Balaban J connectivity index is 1.94. The van der Waals surface area contributed by atoms with Crippen molar-refractivity contribution in [1.29, 1.82) is 0 Å². The van der Waals surface area contributed by atoms with Crippen molar-refractivity contribution in [3.8, 4) is 0 Å². The number of carbonyl (C=O) groups is 2. The summed E-state index contributed by atoms with van der Waals surface area (Å²) < 4.78 is 0. The van der Waals surface area contributed by atoms with Crippen LogP contribution in [0.2, 0.25) is 0 Å². The monoisotopic (exact) mass is 626 g/mol. The maximum atomic E-state index is 13.6. The fraction of sp³-hybridized carbons (Fsp3) is 0.444. The third kappa shape index (κ3) is 6.11. The Kier molecular flexibility index (Phi) is 9.79. The summed E-state index contributed by atoms with van der Waals surface area (Å²) in [4.78, 5) is 50.2. The molecule has 2 aliphatic heterocycles. The van der Waals surface area contributed by atoms with Crippen molar-refractivity contribution >= 4 is 45.1 Å². The predicted octanol–water partition coefficient (Wildman–Crippen LogP) is 6.31. The van der Waals surface area contributed by atoms with E-state index in [0.717, 1.165) is 63.7 Å². The second kappa shape index (κ2) is 13.6. The van der Waals surface area contributed by atoms with E-state index in [0.29, 0.717) is 47.7 Å². The zero-order chi connectivity index (χ0) is 33.3. The molecule has 46 heavy (non-hydrogen) atoms. The highest BCUT2D eigenvalue weighted by Crippen LogP contribution is 2.37. The van der Waals surface area contributed by atoms with Gasteiger partial charge in [-0.2, -0.15) is 5.26 Å². The van der Waals surface area contributed by atoms with Crippen LogP contribution in [0.5, 0.6) is 0 Å². The van der Waals surface area contributed by atoms with Crippen LogP contribution in [0.15, 0.2) is 18.2 Å². The Morgan fingerprint density at radius 3 is 2.33 bits per heavy atom. The molecule has 0 saturated heterocycles. The fourth-order valence-corrected chi connectivity index (χ4v) is 6.60. The minimum atomic E-state index is -0.914. The van der Waals surface area contributed by atoms with Crippen molar-refractivity contribution in [2.75, 3.05) is 20.6 Å². The molecular weight excluding hydrogens is 580 g/mol. The van der Waals surface area contributed by atoms with E-state index in [1.165, 1.54) is 5.56 Å². The average molecular weight is 627 g/mol. The van der Waals surface area contributed by atoms with Gasteiger partial charge in [-0.25, -0.2) is 9.78 Å². The van der Waals surface area contributed by atoms with Crippen molar-refractivity contribution < 1.29 is 19.7 Å². The second-order valence-electron chi connectivity index (χ2n) is 12.6. The quantitative estimate of drug-likeness (QED) is 0.161. The molecule has 0 radical (unpaired) electrons. The summed E-state index contributed by atoms with van der Waals surface area (Å²) >= 11 is 0. The highest BCUT2D eigenvalue weighted by atomic mass is 17.1. The summed E-state index contributed by atoms with van der Waals surface area (Å²) in [7, 11) is 3.75. The van der Waals surface area contributed by atoms with Gasteiger partial charge in [0.15, 0.2) is 0 Å². The van der Waals surface area contributed by atoms with E-state index >= 15 is 0 Å². The van der Waals surface area contributed by atoms with E-state index in [2.05, 4.69) is 66.9 Å². The van der Waals surface area contributed by atoms with Crippen LogP contribution in [0, 0.1) is 13.8 Å². The third-order valence-corrected chi connectivity index (χ3v) is 9.49. The van der Waals surface area contributed by atoms with E-state index in [4.69, 9.17) is 9.97 Å². The number of fused-ring (bicyclic) bond motifs is 8. The van der Waals surface area contributed by atoms with Gasteiger partial charge in [0.05, 0.1) is 23.4 Å². The molecule has 1 amide bonds. The molecule has 3 aromatic rings. The second-order valence-corrected chi connectivity index (χ2v) is 12.6. The molecule has 5 heterocycles. The van der Waals surface area contributed by atoms with Gasteiger partial charge in [0, 0.05) is 65.1 Å². The molecule has 0 spiro atoms. The van der Waals surface area contributed by atoms with Crippen LogP contribution in [0.25, 0.3) is 33.2 Å². The number of hydrogen-bond acceptors (Lipinski definition) is 7. The Hall–Kier alpha value is -4.28. The molecular formula is C36H46N6O4. The van der Waals surface area contributed by atoms with Crippen LogP contribution in [0.1, 0.15) is 97.0 Å². The average Bonchev–Trinajstić information content (AvgIpc) is 3.73. The summed E-state index contributed by atoms with van der Waals surface area (Å²) in [5.41, 5.74) is 12.2. The zero-order valence-corrected chi connectivity index (χ0v) is 28.3. The predicted molar refractivity (Wildman–Crippen MR) is 182 cm³/mol. The topological polar surface area (TPSA) is 136 Å². The Morgan fingerprint density at radius 1 is 1.00 bits per heavy atom. The Morgan fingerprint density at radius 2 is 1.67 bits per heavy atom. The number of nitrogens with zero attached hydrogens (tertiary/aromatic N) is 3. The van der Waals surface area contributed by atoms with Gasteiger partial charge in [0.25, 0.3) is 0 Å². The first-order chi connectivity index (χ1) is 22.0. The highest BCUT2D eigenvalue weighted by Gasteiger charge is 2.31. The third-order valence-electron chi connectivity index (χ3n) is 9.49. The lowest BCUT2D eigenvalue weighted by atomic mass is 9.96. The number of rotatable bonds is 9. The Labute approximate surface area is 270 Å². The minimum absolute atomic E-state index is 0.0135. The number of amides is 1. The van der Waals surface area contributed by atoms with Gasteiger partial charge in [-0.3, -0.25) is 14.7 Å². The molecule has 0 saturated carbocycles. The smallest absolute Gasteiger partial charge is 0.355 e. The number of likely N-dealkylation sites (N-methyl/N-ethyl adjacent to an activating group) is 1. The molecule has 4 N–H and O–H groups in total. The van der Waals surface area contributed by atoms with Gasteiger partial charge in [0.1, 0.15) is 0 Å². The number of carbonyl (C=O) groups excluding carboxylic acids is 2. The van der Waals surface area contributed by atoms with E-state index in [9.17, 15) is 14.8 Å². The van der Waals surface area contributed by atoms with Crippen LogP contribution < -0.4 is 5.32 Å². The molecule has 1 unspecified atom stereocenters. The van der Waals surface area contributed by atoms with Crippen molar-refractivity contribution in [2.24, 2.45) is 0 Å². The lowest BCUT2D eigenvalue weighted by Gasteiger charge is -2.18. The fourth-order valence-electron chi connectivity index (χ4n) is 6.60. The summed E-state index contributed by atoms with van der Waals surface area (Å²) in [6.07, 6.45) is 3.23. The van der Waals surface area contributed by atoms with Gasteiger partial charge in [-0.1, -0.05) is 27.2 Å². The molecule has 3 aromatic heterocycles. The maximum absolute atomic E-state index is 13.6. The lowest BCUT2D eigenvalue weighted by molar-refractivity contribution is -0.226. The number of unbranched alkanes of at least 4 members (excludes halogenated alkanes) is 1. The summed E-state index contributed by atoms with van der Waals surface area (Å²) in [6.45, 7) is 13.7. The molecule has 10 heteroatoms. The van der Waals surface area contributed by atoms with Gasteiger partial charge < -0.3 is 20.2 Å². The number of nitrogens with one attached hydrogen (secondary N) is 3. The molecule has 2 aliphatic rings. The SMILES string of the molecule is CCCCN(C)C(=O)Cc1c2nc(cc3[nH]c(cc4[nH]c(cc5nc1C(C(=O)OO)=C5C)c(CC)c4C)c(CNC)c3C)C(C)C2. The van der Waals surface area contributed by atoms with E-state index in [1.54, 1.807) is 18.9 Å². The summed E-state index contributed by atoms with van der Waals surface area (Å²) in [6, 6.07) is 6.20. The molecule has 0 fully saturated rings. The van der Waals surface area contributed by atoms with E-state index in [1.807, 2.05) is 13.1 Å². The molecule has 10 nitrogen and oxygen atoms in total. The zero-order valence-electron chi connectivity index (χ0n) is 28.3. The van der Waals surface area contributed by atoms with E-state index < -0.39 is 5.97 Å². The first-order valence-electron chi connectivity index (χ1n) is 16.2. The number of aromatic amines is 2. The number of aromatic nitrogens is 4. The first-order valence-corrected chi connectivity index (χ1v) is 16.2. The molecule has 0 aromatic carbocycles. The number of allylic oxidation sites excluding steroid dienone is 1. The van der Waals surface area contributed by atoms with Gasteiger partial charge in [-0.15, -0.1) is 0 Å². The van der Waals surface area contributed by atoms with Crippen LogP contribution in [-0.2, 0) is 40.3 Å². The number of aryl methyl sites for hydroxylation is 3. The largest absolute Gasteiger partial charge is 0.375 e. The van der Waals surface area contributed by atoms with Crippen LogP contribution in [0.3, 0.4) is 0 Å². The highest BCUT2D eigenvalue weighted by molar-refractivity contribution is 6.25. The van der Waals surface area contributed by atoms with Crippen molar-refractivity contribution in [3.05, 3.63) is 68.8 Å². The van der Waals surface area contributed by atoms with Gasteiger partial charge >= 0.3 is 5.97 Å². The van der Waals surface area contributed by atoms with Crippen molar-refractivity contribution in [2.45, 2.75) is 86.1 Å². The van der Waals surface area contributed by atoms with E-state index in [-0.39, 0.29) is 23.8 Å². The van der Waals surface area contributed by atoms with Crippen molar-refractivity contribution in [1.82, 2.24) is 30.2 Å². The molecule has 1 atom stereocenters. The normalized spacial score (nSPS) is 14.6. The minimum Gasteiger partial charge on any atom is -0.355 e. The van der Waals surface area contributed by atoms with Crippen LogP contribution in [-0.4, -0.2) is 62.6 Å². The number of hydrogen-bond donors (Lipinski definition) is 4. The molecule has 244 valence electrons. The first kappa shape index (κ1) is 33.1. The molecule has 5 rings (SSSR count). The lowest BCUT2D eigenvalue weighted by Crippen LogP contribution is -2.29. The Bertz CT molecular complexity index is 1880. The van der Waals surface area contributed by atoms with Crippen LogP contribution >= 0.6 is 0 Å². The number of H-pyrrole nitrogens is 2. The standard InChI is InChI=1S/C36H46N6O4/c1-9-11-12-42(8)33(43)14-24-30-13-19(3)26(38-30)15-27-21(5)25(18-37-7)32(40-27)16-28-20(4)23(10-2)31(39-28)17-29-22(6)34(35(24)41-29)36(44)46-45/h15-17,19,37,39-40,45H,9-14,18H2,1-8H3. The summed E-state index contributed by atoms with van der Waals surface area (Å²) in [5, 5.41) is 12.9. The van der Waals surface area contributed by atoms with Gasteiger partial charge in [0.2, 0.25) is 5.91 Å². The van der Waals surface area contributed by atoms with Crippen LogP contribution in [0.4, 0.5) is 0 Å². The molecule has 0 aliphatic carbocycles. The van der Waals surface area contributed by atoms with Gasteiger partial charge in [-0.05, 0) is 93.1 Å². The van der Waals surface area contributed by atoms with Crippen molar-refractivity contribution in [3.63, 3.8) is 0 Å². The summed E-state index contributed by atoms with van der Waals surface area (Å²) in [5.74, 6) is -0.940. The molecule has 8 bridgehead atoms. The maximum Gasteiger partial charge on any atom is 0.375 e.